The minimum Gasteiger partial charge on any atom is -0.0739 e. The van der Waals surface area contributed by atoms with Gasteiger partial charge in [0.15, 0.2) is 0 Å². The molecule has 0 aliphatic heterocycles. The highest BCUT2D eigenvalue weighted by molar-refractivity contribution is 5.48. The molecule has 0 heterocycles. The third kappa shape index (κ3) is 1.75. The summed E-state index contributed by atoms with van der Waals surface area (Å²) >= 11 is 0. The SMILES string of the molecule is CCC1C=c2ccc3c(c2CC1)CC=c1ccccc1=3. The molecule has 0 spiro atoms. The molecule has 0 saturated carbocycles. The van der Waals surface area contributed by atoms with Crippen LogP contribution in [0.4, 0.5) is 0 Å². The van der Waals surface area contributed by atoms with Gasteiger partial charge in [0.25, 0.3) is 0 Å². The van der Waals surface area contributed by atoms with Crippen LogP contribution in [-0.2, 0) is 12.8 Å². The Morgan fingerprint density at radius 1 is 0.950 bits per heavy atom. The van der Waals surface area contributed by atoms with Gasteiger partial charge in [-0.05, 0) is 63.6 Å². The molecule has 0 heteroatoms. The van der Waals surface area contributed by atoms with Crippen molar-refractivity contribution in [1.29, 1.82) is 0 Å². The first-order valence-corrected chi connectivity index (χ1v) is 7.79. The molecule has 0 radical (unpaired) electrons. The molecule has 2 aromatic rings. The standard InChI is InChI=1S/C20H20/c1-2-14-7-10-18-16(13-14)9-12-19-17-6-4-3-5-15(17)8-11-20(18)19/h3-6,8-9,12-14H,2,7,10-11H2,1H3. The molecule has 2 aliphatic carbocycles. The van der Waals surface area contributed by atoms with E-state index >= 15 is 0 Å². The van der Waals surface area contributed by atoms with Crippen LogP contribution in [0.2, 0.25) is 0 Å². The maximum atomic E-state index is 2.50. The van der Waals surface area contributed by atoms with E-state index in [0.29, 0.717) is 0 Å². The molecule has 0 bridgehead atoms. The van der Waals surface area contributed by atoms with Gasteiger partial charge in [-0.15, -0.1) is 0 Å². The molecule has 0 fully saturated rings. The van der Waals surface area contributed by atoms with Gasteiger partial charge < -0.3 is 0 Å². The topological polar surface area (TPSA) is 0 Å². The van der Waals surface area contributed by atoms with Crippen LogP contribution in [0, 0.1) is 16.4 Å². The number of hydrogen-bond donors (Lipinski definition) is 0. The Bertz CT molecular complexity index is 871. The van der Waals surface area contributed by atoms with Crippen LogP contribution in [0.3, 0.4) is 0 Å². The Balaban J connectivity index is 2.10. The largest absolute Gasteiger partial charge is 0.0739 e. The molecule has 0 saturated heterocycles. The van der Waals surface area contributed by atoms with E-state index in [0.717, 1.165) is 12.3 Å². The fraction of sp³-hybridized carbons (Fsp3) is 0.300. The summed E-state index contributed by atoms with van der Waals surface area (Å²) in [5.74, 6) is 0.778. The first kappa shape index (κ1) is 12.0. The minimum absolute atomic E-state index is 0.778. The van der Waals surface area contributed by atoms with Crippen LogP contribution in [0.25, 0.3) is 12.2 Å². The van der Waals surface area contributed by atoms with Crippen LogP contribution in [0.1, 0.15) is 30.9 Å². The zero-order valence-corrected chi connectivity index (χ0v) is 12.0. The molecule has 1 unspecified atom stereocenters. The first-order chi connectivity index (χ1) is 9.86. The molecule has 0 N–H and O–H groups in total. The highest BCUT2D eigenvalue weighted by Gasteiger charge is 2.15. The zero-order valence-electron chi connectivity index (χ0n) is 12.0. The van der Waals surface area contributed by atoms with Crippen molar-refractivity contribution in [2.24, 2.45) is 5.92 Å². The van der Waals surface area contributed by atoms with E-state index in [4.69, 9.17) is 0 Å². The number of fused-ring (bicyclic) bond motifs is 4. The lowest BCUT2D eigenvalue weighted by Crippen LogP contribution is -2.22. The second-order valence-electron chi connectivity index (χ2n) is 6.03. The lowest BCUT2D eigenvalue weighted by molar-refractivity contribution is 0.585. The molecule has 0 nitrogen and oxygen atoms in total. The van der Waals surface area contributed by atoms with Gasteiger partial charge >= 0.3 is 0 Å². The maximum absolute atomic E-state index is 2.50. The van der Waals surface area contributed by atoms with E-state index in [1.807, 2.05) is 0 Å². The van der Waals surface area contributed by atoms with Gasteiger partial charge in [-0.3, -0.25) is 0 Å². The highest BCUT2D eigenvalue weighted by atomic mass is 14.2. The van der Waals surface area contributed by atoms with E-state index in [1.165, 1.54) is 40.1 Å². The Morgan fingerprint density at radius 2 is 1.85 bits per heavy atom. The number of benzene rings is 2. The Kier molecular flexibility index (Phi) is 2.77. The summed E-state index contributed by atoms with van der Waals surface area (Å²) in [6.07, 6.45) is 9.83. The minimum atomic E-state index is 0.778. The smallest absolute Gasteiger partial charge is 0.00791 e. The predicted molar refractivity (Wildman–Crippen MR) is 84.5 cm³/mol. The average molecular weight is 260 g/mol. The van der Waals surface area contributed by atoms with Gasteiger partial charge in [0.2, 0.25) is 0 Å². The highest BCUT2D eigenvalue weighted by Crippen LogP contribution is 2.22. The van der Waals surface area contributed by atoms with Crippen LogP contribution in [0.15, 0.2) is 36.4 Å². The molecule has 0 amide bonds. The fourth-order valence-electron chi connectivity index (χ4n) is 3.77. The summed E-state index contributed by atoms with van der Waals surface area (Å²) in [6.45, 7) is 2.30. The molecular weight excluding hydrogens is 240 g/mol. The molecule has 0 aromatic heterocycles. The number of rotatable bonds is 1. The monoisotopic (exact) mass is 260 g/mol. The van der Waals surface area contributed by atoms with Crippen molar-refractivity contribution in [2.45, 2.75) is 32.6 Å². The Labute approximate surface area is 119 Å². The van der Waals surface area contributed by atoms with Gasteiger partial charge in [0.1, 0.15) is 0 Å². The van der Waals surface area contributed by atoms with Gasteiger partial charge in [-0.2, -0.15) is 0 Å². The van der Waals surface area contributed by atoms with Crippen molar-refractivity contribution in [3.05, 3.63) is 68.4 Å². The molecule has 2 aromatic carbocycles. The molecule has 2 aliphatic rings. The summed E-state index contributed by atoms with van der Waals surface area (Å²) in [5.41, 5.74) is 3.19. The summed E-state index contributed by atoms with van der Waals surface area (Å²) in [5, 5.41) is 5.76. The van der Waals surface area contributed by atoms with Gasteiger partial charge in [-0.25, -0.2) is 0 Å². The Morgan fingerprint density at radius 3 is 2.75 bits per heavy atom. The predicted octanol–water partition coefficient (Wildman–Crippen LogP) is 3.06. The van der Waals surface area contributed by atoms with Gasteiger partial charge in [0.05, 0.1) is 0 Å². The van der Waals surface area contributed by atoms with Crippen LogP contribution in [-0.4, -0.2) is 0 Å². The average Bonchev–Trinajstić information content (AvgIpc) is 2.53. The van der Waals surface area contributed by atoms with E-state index in [2.05, 4.69) is 55.5 Å². The molecular formula is C20H20. The second kappa shape index (κ2) is 4.63. The third-order valence-electron chi connectivity index (χ3n) is 4.95. The van der Waals surface area contributed by atoms with Crippen LogP contribution in [0.5, 0.6) is 0 Å². The molecule has 100 valence electrons. The van der Waals surface area contributed by atoms with Gasteiger partial charge in [-0.1, -0.05) is 55.5 Å². The van der Waals surface area contributed by atoms with Crippen molar-refractivity contribution in [2.75, 3.05) is 0 Å². The van der Waals surface area contributed by atoms with Crippen molar-refractivity contribution < 1.29 is 0 Å². The van der Waals surface area contributed by atoms with E-state index in [1.54, 1.807) is 11.1 Å². The van der Waals surface area contributed by atoms with Crippen molar-refractivity contribution in [3.8, 4) is 0 Å². The fourth-order valence-corrected chi connectivity index (χ4v) is 3.77. The van der Waals surface area contributed by atoms with Crippen LogP contribution >= 0.6 is 0 Å². The first-order valence-electron chi connectivity index (χ1n) is 7.79. The van der Waals surface area contributed by atoms with E-state index < -0.39 is 0 Å². The summed E-state index contributed by atoms with van der Waals surface area (Å²) < 4.78 is 0. The van der Waals surface area contributed by atoms with Crippen molar-refractivity contribution in [3.63, 3.8) is 0 Å². The second-order valence-corrected chi connectivity index (χ2v) is 6.03. The lowest BCUT2D eigenvalue weighted by Gasteiger charge is -2.20. The van der Waals surface area contributed by atoms with Crippen LogP contribution < -0.4 is 10.4 Å². The quantitative estimate of drug-likeness (QED) is 0.739. The molecule has 4 rings (SSSR count). The Hall–Kier alpha value is -1.82. The van der Waals surface area contributed by atoms with Crippen molar-refractivity contribution in [1.82, 2.24) is 0 Å². The summed E-state index contributed by atoms with van der Waals surface area (Å²) in [4.78, 5) is 0. The third-order valence-corrected chi connectivity index (χ3v) is 4.95. The molecule has 20 heavy (non-hydrogen) atoms. The summed E-state index contributed by atoms with van der Waals surface area (Å²) in [7, 11) is 0. The molecule has 1 atom stereocenters. The lowest BCUT2D eigenvalue weighted by atomic mass is 9.84. The zero-order chi connectivity index (χ0) is 13.5. The summed E-state index contributed by atoms with van der Waals surface area (Å²) in [6, 6.07) is 13.5. The normalized spacial score (nSPS) is 19.1. The van der Waals surface area contributed by atoms with Crippen molar-refractivity contribution >= 4 is 12.2 Å². The van der Waals surface area contributed by atoms with E-state index in [-0.39, 0.29) is 0 Å². The number of hydrogen-bond acceptors (Lipinski definition) is 0. The van der Waals surface area contributed by atoms with E-state index in [9.17, 15) is 0 Å². The maximum Gasteiger partial charge on any atom is -0.00791 e. The van der Waals surface area contributed by atoms with Gasteiger partial charge in [0, 0.05) is 0 Å².